The van der Waals surface area contributed by atoms with Gasteiger partial charge >= 0.3 is 0 Å². The maximum absolute atomic E-state index is 12.3. The molecule has 0 heterocycles. The van der Waals surface area contributed by atoms with Gasteiger partial charge in [-0.1, -0.05) is 6.07 Å². The summed E-state index contributed by atoms with van der Waals surface area (Å²) in [5.41, 5.74) is 2.54. The molecule has 2 rings (SSSR count). The maximum atomic E-state index is 12.3. The minimum atomic E-state index is -1.07. The van der Waals surface area contributed by atoms with E-state index >= 15 is 0 Å². The molecule has 0 saturated heterocycles. The van der Waals surface area contributed by atoms with Crippen LogP contribution >= 0.6 is 0 Å². The lowest BCUT2D eigenvalue weighted by Crippen LogP contribution is -2.14. The molecule has 0 spiro atoms. The predicted octanol–water partition coefficient (Wildman–Crippen LogP) is 2.94. The second-order valence-corrected chi connectivity index (χ2v) is 6.47. The lowest BCUT2D eigenvalue weighted by atomic mass is 10.1. The molecule has 0 bridgehead atoms. The van der Waals surface area contributed by atoms with Gasteiger partial charge in [0.2, 0.25) is 5.91 Å². The highest BCUT2D eigenvalue weighted by Crippen LogP contribution is 2.24. The Bertz CT molecular complexity index is 770. The smallest absolute Gasteiger partial charge is 0.255 e. The summed E-state index contributed by atoms with van der Waals surface area (Å²) in [4.78, 5) is 24.2. The van der Waals surface area contributed by atoms with Gasteiger partial charge in [-0.05, 0) is 48.9 Å². The van der Waals surface area contributed by atoms with E-state index in [0.29, 0.717) is 21.8 Å². The fourth-order valence-electron chi connectivity index (χ4n) is 2.09. The molecule has 1 atom stereocenters. The van der Waals surface area contributed by atoms with Gasteiger partial charge in [-0.25, -0.2) is 0 Å². The van der Waals surface area contributed by atoms with Crippen molar-refractivity contribution in [2.75, 3.05) is 16.9 Å². The highest BCUT2D eigenvalue weighted by molar-refractivity contribution is 7.84. The second kappa shape index (κ2) is 7.19. The molecule has 1 unspecified atom stereocenters. The van der Waals surface area contributed by atoms with Gasteiger partial charge in [0.15, 0.2) is 0 Å². The summed E-state index contributed by atoms with van der Waals surface area (Å²) in [6.45, 7) is 3.26. The minimum absolute atomic E-state index is 0.167. The average molecular weight is 330 g/mol. The molecule has 23 heavy (non-hydrogen) atoms. The molecule has 0 aliphatic heterocycles. The first kappa shape index (κ1) is 16.9. The van der Waals surface area contributed by atoms with Crippen molar-refractivity contribution in [3.8, 4) is 0 Å². The fourth-order valence-corrected chi connectivity index (χ4v) is 2.61. The quantitative estimate of drug-likeness (QED) is 0.905. The van der Waals surface area contributed by atoms with E-state index < -0.39 is 10.8 Å². The summed E-state index contributed by atoms with van der Waals surface area (Å²) in [5, 5.41) is 5.55. The molecule has 0 aliphatic carbocycles. The molecule has 0 aliphatic rings. The molecule has 2 N–H and O–H groups in total. The van der Waals surface area contributed by atoms with Crippen molar-refractivity contribution in [3.63, 3.8) is 0 Å². The lowest BCUT2D eigenvalue weighted by molar-refractivity contribution is -0.114. The molecule has 120 valence electrons. The van der Waals surface area contributed by atoms with Crippen molar-refractivity contribution in [1.29, 1.82) is 0 Å². The van der Waals surface area contributed by atoms with E-state index in [1.165, 1.54) is 6.92 Å². The monoisotopic (exact) mass is 330 g/mol. The zero-order valence-electron chi connectivity index (χ0n) is 13.2. The highest BCUT2D eigenvalue weighted by Gasteiger charge is 2.10. The van der Waals surface area contributed by atoms with Gasteiger partial charge in [0, 0.05) is 45.8 Å². The van der Waals surface area contributed by atoms with Crippen LogP contribution in [0.1, 0.15) is 22.8 Å². The Morgan fingerprint density at radius 3 is 2.04 bits per heavy atom. The summed E-state index contributed by atoms with van der Waals surface area (Å²) in [5.74, 6) is -0.429. The van der Waals surface area contributed by atoms with Crippen molar-refractivity contribution in [3.05, 3.63) is 53.6 Å². The van der Waals surface area contributed by atoms with E-state index in [4.69, 9.17) is 0 Å². The van der Waals surface area contributed by atoms with Crippen molar-refractivity contribution in [2.45, 2.75) is 18.7 Å². The lowest BCUT2D eigenvalue weighted by Gasteiger charge is -2.13. The van der Waals surface area contributed by atoms with Gasteiger partial charge in [0.05, 0.1) is 0 Å². The number of hydrogen-bond acceptors (Lipinski definition) is 3. The van der Waals surface area contributed by atoms with E-state index in [9.17, 15) is 13.8 Å². The summed E-state index contributed by atoms with van der Waals surface area (Å²) in [6, 6.07) is 11.9. The molecule has 0 radical (unpaired) electrons. The number of amides is 2. The number of hydrogen-bond donors (Lipinski definition) is 2. The molecule has 0 fully saturated rings. The van der Waals surface area contributed by atoms with Gasteiger partial charge in [-0.2, -0.15) is 0 Å². The van der Waals surface area contributed by atoms with E-state index in [1.54, 1.807) is 48.7 Å². The number of carbonyl (C=O) groups excluding carboxylic acids is 2. The predicted molar refractivity (Wildman–Crippen MR) is 92.2 cm³/mol. The molecular formula is C17H18N2O3S. The second-order valence-electron chi connectivity index (χ2n) is 5.09. The highest BCUT2D eigenvalue weighted by atomic mass is 32.2. The Balaban J connectivity index is 2.20. The van der Waals surface area contributed by atoms with Gasteiger partial charge in [0.25, 0.3) is 5.91 Å². The molecule has 2 amide bonds. The SMILES string of the molecule is CC(=O)Nc1cccc(NC(=O)c2ccc(S(C)=O)cc2)c1C. The van der Waals surface area contributed by atoms with Crippen molar-refractivity contribution in [1.82, 2.24) is 0 Å². The first-order valence-corrected chi connectivity index (χ1v) is 8.56. The fraction of sp³-hybridized carbons (Fsp3) is 0.176. The number of anilines is 2. The van der Waals surface area contributed by atoms with Crippen LogP contribution in [0.4, 0.5) is 11.4 Å². The normalized spacial score (nSPS) is 11.6. The molecule has 0 aromatic heterocycles. The van der Waals surface area contributed by atoms with E-state index in [0.717, 1.165) is 5.56 Å². The van der Waals surface area contributed by atoms with Crippen LogP contribution in [0, 0.1) is 6.92 Å². The largest absolute Gasteiger partial charge is 0.326 e. The van der Waals surface area contributed by atoms with Crippen LogP contribution in [0.15, 0.2) is 47.4 Å². The number of nitrogens with one attached hydrogen (secondary N) is 2. The summed E-state index contributed by atoms with van der Waals surface area (Å²) in [7, 11) is -1.07. The number of rotatable bonds is 4. The van der Waals surface area contributed by atoms with Crippen LogP contribution in [-0.4, -0.2) is 22.3 Å². The van der Waals surface area contributed by atoms with E-state index in [1.807, 2.05) is 6.92 Å². The molecular weight excluding hydrogens is 312 g/mol. The molecule has 0 saturated carbocycles. The molecule has 5 nitrogen and oxygen atoms in total. The van der Waals surface area contributed by atoms with Gasteiger partial charge in [-0.15, -0.1) is 0 Å². The van der Waals surface area contributed by atoms with Crippen LogP contribution in [-0.2, 0) is 15.6 Å². The van der Waals surface area contributed by atoms with Crippen LogP contribution < -0.4 is 10.6 Å². The van der Waals surface area contributed by atoms with Gasteiger partial charge in [-0.3, -0.25) is 13.8 Å². The third kappa shape index (κ3) is 4.26. The molecule has 2 aromatic carbocycles. The summed E-state index contributed by atoms with van der Waals surface area (Å²) in [6.07, 6.45) is 1.59. The van der Waals surface area contributed by atoms with E-state index in [2.05, 4.69) is 10.6 Å². The first-order valence-electron chi connectivity index (χ1n) is 7.00. The van der Waals surface area contributed by atoms with Crippen molar-refractivity contribution < 1.29 is 13.8 Å². The zero-order valence-corrected chi connectivity index (χ0v) is 14.0. The Morgan fingerprint density at radius 2 is 1.52 bits per heavy atom. The van der Waals surface area contributed by atoms with E-state index in [-0.39, 0.29) is 11.8 Å². The standard InChI is InChI=1S/C17H18N2O3S/c1-11-15(18-12(2)20)5-4-6-16(11)19-17(21)13-7-9-14(10-8-13)23(3)22/h4-10H,1-3H3,(H,18,20)(H,19,21). The Hall–Kier alpha value is -2.47. The summed E-state index contributed by atoms with van der Waals surface area (Å²) < 4.78 is 11.4. The Morgan fingerprint density at radius 1 is 0.957 bits per heavy atom. The van der Waals surface area contributed by atoms with Gasteiger partial charge in [0.1, 0.15) is 0 Å². The third-order valence-electron chi connectivity index (χ3n) is 3.34. The third-order valence-corrected chi connectivity index (χ3v) is 4.28. The number of benzene rings is 2. The van der Waals surface area contributed by atoms with Crippen LogP contribution in [0.2, 0.25) is 0 Å². The van der Waals surface area contributed by atoms with Crippen LogP contribution in [0.25, 0.3) is 0 Å². The van der Waals surface area contributed by atoms with Crippen LogP contribution in [0.5, 0.6) is 0 Å². The Labute approximate surface area is 137 Å². The topological polar surface area (TPSA) is 75.3 Å². The van der Waals surface area contributed by atoms with Crippen LogP contribution in [0.3, 0.4) is 0 Å². The molecule has 2 aromatic rings. The Kier molecular flexibility index (Phi) is 5.28. The maximum Gasteiger partial charge on any atom is 0.255 e. The minimum Gasteiger partial charge on any atom is -0.326 e. The average Bonchev–Trinajstić information content (AvgIpc) is 2.51. The number of carbonyl (C=O) groups is 2. The molecule has 6 heteroatoms. The van der Waals surface area contributed by atoms with Gasteiger partial charge < -0.3 is 10.6 Å². The van der Waals surface area contributed by atoms with Crippen molar-refractivity contribution in [2.24, 2.45) is 0 Å². The zero-order chi connectivity index (χ0) is 17.0. The first-order chi connectivity index (χ1) is 10.9. The van der Waals surface area contributed by atoms with Crippen molar-refractivity contribution >= 4 is 34.0 Å². The summed E-state index contributed by atoms with van der Waals surface area (Å²) >= 11 is 0.